The Balaban J connectivity index is 2.33. The molecule has 2 aliphatic heterocycles. The maximum atomic E-state index is 11.9. The normalized spacial score (nSPS) is 42.6. The number of ether oxygens (including phenoxy) is 1. The Hall–Kier alpha value is -0.570. The van der Waals surface area contributed by atoms with Gasteiger partial charge in [-0.3, -0.25) is 4.79 Å². The first kappa shape index (κ1) is 9.00. The van der Waals surface area contributed by atoms with Gasteiger partial charge in [-0.2, -0.15) is 0 Å². The highest BCUT2D eigenvalue weighted by Gasteiger charge is 2.53. The maximum absolute atomic E-state index is 11.9. The van der Waals surface area contributed by atoms with E-state index in [-0.39, 0.29) is 17.6 Å². The third-order valence-electron chi connectivity index (χ3n) is 3.54. The number of hydrogen-bond donors (Lipinski definition) is 0. The van der Waals surface area contributed by atoms with Crippen LogP contribution in [-0.4, -0.2) is 29.2 Å². The van der Waals surface area contributed by atoms with Gasteiger partial charge in [-0.25, -0.2) is 0 Å². The second-order valence-corrected chi connectivity index (χ2v) is 4.68. The zero-order valence-corrected chi connectivity index (χ0v) is 8.70. The summed E-state index contributed by atoms with van der Waals surface area (Å²) in [7, 11) is 0. The van der Waals surface area contributed by atoms with Crippen molar-refractivity contribution in [2.75, 3.05) is 6.61 Å². The highest BCUT2D eigenvalue weighted by atomic mass is 16.5. The largest absolute Gasteiger partial charge is 0.354 e. The van der Waals surface area contributed by atoms with Crippen molar-refractivity contribution in [3.8, 4) is 0 Å². The number of fused-ring (bicyclic) bond motifs is 1. The van der Waals surface area contributed by atoms with Gasteiger partial charge in [0.25, 0.3) is 0 Å². The van der Waals surface area contributed by atoms with E-state index in [1.54, 1.807) is 0 Å². The molecular formula is C10H17NO2. The lowest BCUT2D eigenvalue weighted by molar-refractivity contribution is -0.144. The Labute approximate surface area is 79.0 Å². The number of hydrogen-bond acceptors (Lipinski definition) is 2. The van der Waals surface area contributed by atoms with Gasteiger partial charge < -0.3 is 9.64 Å². The average molecular weight is 183 g/mol. The van der Waals surface area contributed by atoms with E-state index in [0.717, 1.165) is 0 Å². The third-order valence-corrected chi connectivity index (χ3v) is 3.54. The number of carbonyl (C=O) groups is 1. The molecule has 74 valence electrons. The van der Waals surface area contributed by atoms with Crippen LogP contribution in [0.15, 0.2) is 0 Å². The Morgan fingerprint density at radius 1 is 1.46 bits per heavy atom. The Kier molecular flexibility index (Phi) is 1.71. The predicted molar refractivity (Wildman–Crippen MR) is 49.0 cm³/mol. The molecule has 2 aliphatic rings. The minimum Gasteiger partial charge on any atom is -0.354 e. The van der Waals surface area contributed by atoms with E-state index < -0.39 is 0 Å². The molecule has 3 atom stereocenters. The van der Waals surface area contributed by atoms with Crippen LogP contribution in [0.2, 0.25) is 0 Å². The lowest BCUT2D eigenvalue weighted by Crippen LogP contribution is -2.44. The van der Waals surface area contributed by atoms with Crippen molar-refractivity contribution in [2.24, 2.45) is 11.8 Å². The molecule has 2 heterocycles. The molecular weight excluding hydrogens is 166 g/mol. The fourth-order valence-electron chi connectivity index (χ4n) is 2.43. The van der Waals surface area contributed by atoms with Crippen LogP contribution >= 0.6 is 0 Å². The first-order valence-corrected chi connectivity index (χ1v) is 4.92. The Morgan fingerprint density at radius 2 is 2.08 bits per heavy atom. The quantitative estimate of drug-likeness (QED) is 0.565. The van der Waals surface area contributed by atoms with Crippen molar-refractivity contribution in [1.82, 2.24) is 4.90 Å². The first-order valence-electron chi connectivity index (χ1n) is 4.92. The fourth-order valence-corrected chi connectivity index (χ4v) is 2.43. The van der Waals surface area contributed by atoms with E-state index in [2.05, 4.69) is 6.92 Å². The van der Waals surface area contributed by atoms with Crippen LogP contribution in [0.1, 0.15) is 27.7 Å². The van der Waals surface area contributed by atoms with Crippen LogP contribution in [0, 0.1) is 11.8 Å². The van der Waals surface area contributed by atoms with E-state index in [0.29, 0.717) is 18.6 Å². The van der Waals surface area contributed by atoms with E-state index in [9.17, 15) is 4.79 Å². The second kappa shape index (κ2) is 2.47. The predicted octanol–water partition coefficient (Wildman–Crippen LogP) is 1.24. The third kappa shape index (κ3) is 1.03. The molecule has 0 unspecified atom stereocenters. The van der Waals surface area contributed by atoms with Gasteiger partial charge in [0, 0.05) is 5.92 Å². The lowest BCUT2D eigenvalue weighted by Gasteiger charge is -2.29. The van der Waals surface area contributed by atoms with E-state index in [1.807, 2.05) is 25.7 Å². The molecule has 13 heavy (non-hydrogen) atoms. The van der Waals surface area contributed by atoms with Gasteiger partial charge in [-0.05, 0) is 19.8 Å². The summed E-state index contributed by atoms with van der Waals surface area (Å²) in [5, 5.41) is 0. The molecule has 2 rings (SSSR count). The zero-order chi connectivity index (χ0) is 9.80. The summed E-state index contributed by atoms with van der Waals surface area (Å²) in [6.07, 6.45) is 0. The molecule has 0 aromatic rings. The molecule has 0 bridgehead atoms. The van der Waals surface area contributed by atoms with E-state index >= 15 is 0 Å². The molecule has 3 nitrogen and oxygen atoms in total. The second-order valence-electron chi connectivity index (χ2n) is 4.68. The highest BCUT2D eigenvalue weighted by molar-refractivity contribution is 5.82. The monoisotopic (exact) mass is 183 g/mol. The summed E-state index contributed by atoms with van der Waals surface area (Å²) in [5.41, 5.74) is -0.388. The lowest BCUT2D eigenvalue weighted by atomic mass is 9.94. The average Bonchev–Trinajstić information content (AvgIpc) is 2.46. The molecule has 2 fully saturated rings. The molecule has 0 aromatic carbocycles. The van der Waals surface area contributed by atoms with Gasteiger partial charge >= 0.3 is 0 Å². The van der Waals surface area contributed by atoms with Gasteiger partial charge in [0.15, 0.2) is 0 Å². The standard InChI is InChI=1S/C10H17NO2/c1-6-7(2)9(12)11-8(6)5-13-10(11,3)4/h6-8H,5H2,1-4H3/t6-,7-,8-/m1/s1. The van der Waals surface area contributed by atoms with Crippen molar-refractivity contribution >= 4 is 5.91 Å². The smallest absolute Gasteiger partial charge is 0.228 e. The zero-order valence-electron chi connectivity index (χ0n) is 8.70. The van der Waals surface area contributed by atoms with Gasteiger partial charge in [0.2, 0.25) is 5.91 Å². The van der Waals surface area contributed by atoms with Crippen molar-refractivity contribution in [2.45, 2.75) is 39.5 Å². The number of nitrogens with zero attached hydrogens (tertiary/aromatic N) is 1. The Morgan fingerprint density at radius 3 is 2.62 bits per heavy atom. The van der Waals surface area contributed by atoms with Crippen LogP contribution in [0.3, 0.4) is 0 Å². The van der Waals surface area contributed by atoms with Crippen LogP contribution in [0.5, 0.6) is 0 Å². The van der Waals surface area contributed by atoms with Crippen LogP contribution in [-0.2, 0) is 9.53 Å². The first-order chi connectivity index (χ1) is 5.95. The molecule has 0 N–H and O–H groups in total. The maximum Gasteiger partial charge on any atom is 0.228 e. The van der Waals surface area contributed by atoms with Crippen molar-refractivity contribution in [3.63, 3.8) is 0 Å². The summed E-state index contributed by atoms with van der Waals surface area (Å²) in [4.78, 5) is 13.8. The summed E-state index contributed by atoms with van der Waals surface area (Å²) < 4.78 is 5.60. The van der Waals surface area contributed by atoms with Crippen molar-refractivity contribution in [3.05, 3.63) is 0 Å². The van der Waals surface area contributed by atoms with E-state index in [1.165, 1.54) is 0 Å². The molecule has 3 heteroatoms. The van der Waals surface area contributed by atoms with Gasteiger partial charge in [-0.1, -0.05) is 13.8 Å². The molecule has 2 saturated heterocycles. The van der Waals surface area contributed by atoms with E-state index in [4.69, 9.17) is 4.74 Å². The van der Waals surface area contributed by atoms with Crippen LogP contribution in [0.25, 0.3) is 0 Å². The topological polar surface area (TPSA) is 29.5 Å². The molecule has 0 aromatic heterocycles. The van der Waals surface area contributed by atoms with Gasteiger partial charge in [0.1, 0.15) is 5.72 Å². The molecule has 1 amide bonds. The SMILES string of the molecule is C[C@H]1[C@H]2COC(C)(C)N2C(=O)[C@@H]1C. The number of rotatable bonds is 0. The van der Waals surface area contributed by atoms with Gasteiger partial charge in [0.05, 0.1) is 12.6 Å². The minimum absolute atomic E-state index is 0.160. The van der Waals surface area contributed by atoms with Crippen molar-refractivity contribution < 1.29 is 9.53 Å². The molecule has 0 spiro atoms. The number of amides is 1. The minimum atomic E-state index is -0.388. The fraction of sp³-hybridized carbons (Fsp3) is 0.900. The van der Waals surface area contributed by atoms with Gasteiger partial charge in [-0.15, -0.1) is 0 Å². The number of carbonyl (C=O) groups excluding carboxylic acids is 1. The Bertz CT molecular complexity index is 249. The van der Waals surface area contributed by atoms with Crippen molar-refractivity contribution in [1.29, 1.82) is 0 Å². The molecule has 0 aliphatic carbocycles. The van der Waals surface area contributed by atoms with Crippen LogP contribution < -0.4 is 0 Å². The summed E-state index contributed by atoms with van der Waals surface area (Å²) >= 11 is 0. The summed E-state index contributed by atoms with van der Waals surface area (Å²) in [6, 6.07) is 0.303. The highest BCUT2D eigenvalue weighted by Crippen LogP contribution is 2.40. The molecule has 0 saturated carbocycles. The summed E-state index contributed by atoms with van der Waals surface area (Å²) in [5.74, 6) is 0.836. The molecule has 0 radical (unpaired) electrons. The van der Waals surface area contributed by atoms with Crippen LogP contribution in [0.4, 0.5) is 0 Å². The summed E-state index contributed by atoms with van der Waals surface area (Å²) in [6.45, 7) is 8.79.